The molecule has 1 heterocycles. The Kier molecular flexibility index (Phi) is 5.44. The van der Waals surface area contributed by atoms with Gasteiger partial charge < -0.3 is 4.74 Å². The van der Waals surface area contributed by atoms with E-state index in [1.165, 1.54) is 3.57 Å². The van der Waals surface area contributed by atoms with Crippen molar-refractivity contribution >= 4 is 32.6 Å². The second kappa shape index (κ2) is 6.72. The van der Waals surface area contributed by atoms with Crippen LogP contribution in [0.4, 0.5) is 0 Å². The average Bonchev–Trinajstić information content (AvgIpc) is 2.40. The maximum Gasteiger partial charge on any atom is 0.214 e. The predicted molar refractivity (Wildman–Crippen MR) is 88.3 cm³/mol. The normalized spacial score (nSPS) is 24.0. The van der Waals surface area contributed by atoms with Crippen molar-refractivity contribution < 1.29 is 13.2 Å². The van der Waals surface area contributed by atoms with Gasteiger partial charge in [-0.2, -0.15) is 0 Å². The van der Waals surface area contributed by atoms with Gasteiger partial charge in [-0.05, 0) is 60.6 Å². The molecule has 2 rings (SSSR count). The molecule has 112 valence electrons. The molecule has 1 aromatic carbocycles. The largest absolute Gasteiger partial charge is 0.381 e. The lowest BCUT2D eigenvalue weighted by Crippen LogP contribution is -2.46. The standard InChI is InChI=1S/C14H20INO3S/c1-10(2)20(17,18)16-14-7-8-19-9-13(14)11-3-5-12(15)6-4-11/h3-6,10,13-14,16H,7-9H2,1-2H3/t13-,14+/m1/s1. The number of benzene rings is 1. The quantitative estimate of drug-likeness (QED) is 0.778. The fourth-order valence-electron chi connectivity index (χ4n) is 2.26. The van der Waals surface area contributed by atoms with Crippen molar-refractivity contribution in [1.29, 1.82) is 0 Å². The Morgan fingerprint density at radius 3 is 2.55 bits per heavy atom. The number of hydrogen-bond acceptors (Lipinski definition) is 3. The van der Waals surface area contributed by atoms with Crippen LogP contribution in [0.2, 0.25) is 0 Å². The van der Waals surface area contributed by atoms with E-state index in [1.807, 2.05) is 12.1 Å². The second-order valence-electron chi connectivity index (χ2n) is 5.34. The Balaban J connectivity index is 2.19. The first-order valence-corrected chi connectivity index (χ1v) is 9.37. The zero-order chi connectivity index (χ0) is 14.8. The summed E-state index contributed by atoms with van der Waals surface area (Å²) in [5, 5.41) is -0.414. The highest BCUT2D eigenvalue weighted by Crippen LogP contribution is 2.27. The molecule has 0 spiro atoms. The Morgan fingerprint density at radius 1 is 1.30 bits per heavy atom. The van der Waals surface area contributed by atoms with Crippen LogP contribution < -0.4 is 4.72 Å². The summed E-state index contributed by atoms with van der Waals surface area (Å²) < 4.78 is 33.7. The summed E-state index contributed by atoms with van der Waals surface area (Å²) in [7, 11) is -3.25. The highest BCUT2D eigenvalue weighted by Gasteiger charge is 2.31. The van der Waals surface area contributed by atoms with E-state index in [9.17, 15) is 8.42 Å². The van der Waals surface area contributed by atoms with E-state index in [2.05, 4.69) is 39.4 Å². The van der Waals surface area contributed by atoms with Crippen LogP contribution in [0, 0.1) is 3.57 Å². The van der Waals surface area contributed by atoms with Gasteiger partial charge in [0.15, 0.2) is 0 Å². The third-order valence-electron chi connectivity index (χ3n) is 3.59. The summed E-state index contributed by atoms with van der Waals surface area (Å²) in [5.41, 5.74) is 1.13. The van der Waals surface area contributed by atoms with Gasteiger partial charge in [0.25, 0.3) is 0 Å². The van der Waals surface area contributed by atoms with Crippen molar-refractivity contribution in [3.8, 4) is 0 Å². The molecule has 0 unspecified atom stereocenters. The number of sulfonamides is 1. The summed E-state index contributed by atoms with van der Waals surface area (Å²) in [6.07, 6.45) is 0.711. The van der Waals surface area contributed by atoms with E-state index < -0.39 is 15.3 Å². The third kappa shape index (κ3) is 3.93. The van der Waals surface area contributed by atoms with Gasteiger partial charge in [0.1, 0.15) is 0 Å². The SMILES string of the molecule is CC(C)S(=O)(=O)N[C@H]1CCOC[C@@H]1c1ccc(I)cc1. The first kappa shape index (κ1) is 16.2. The van der Waals surface area contributed by atoms with E-state index >= 15 is 0 Å². The molecule has 4 nitrogen and oxygen atoms in total. The number of ether oxygens (including phenoxy) is 1. The molecule has 1 aliphatic heterocycles. The van der Waals surface area contributed by atoms with Gasteiger partial charge in [-0.1, -0.05) is 12.1 Å². The molecule has 2 atom stereocenters. The van der Waals surface area contributed by atoms with Gasteiger partial charge in [0, 0.05) is 22.1 Å². The summed E-state index contributed by atoms with van der Waals surface area (Å²) in [6.45, 7) is 4.56. The first-order valence-electron chi connectivity index (χ1n) is 6.74. The zero-order valence-corrected chi connectivity index (χ0v) is 14.6. The average molecular weight is 409 g/mol. The van der Waals surface area contributed by atoms with Crippen LogP contribution >= 0.6 is 22.6 Å². The van der Waals surface area contributed by atoms with Crippen LogP contribution in [0.3, 0.4) is 0 Å². The first-order chi connectivity index (χ1) is 9.40. The van der Waals surface area contributed by atoms with Crippen molar-refractivity contribution in [3.05, 3.63) is 33.4 Å². The Hall–Kier alpha value is -0.180. The van der Waals surface area contributed by atoms with E-state index in [0.29, 0.717) is 19.6 Å². The Labute approximate surface area is 134 Å². The molecule has 1 fully saturated rings. The monoisotopic (exact) mass is 409 g/mol. The molecule has 0 amide bonds. The minimum Gasteiger partial charge on any atom is -0.381 e. The molecule has 1 aromatic rings. The van der Waals surface area contributed by atoms with Crippen molar-refractivity contribution in [3.63, 3.8) is 0 Å². The molecule has 0 radical (unpaired) electrons. The van der Waals surface area contributed by atoms with Crippen molar-refractivity contribution in [2.75, 3.05) is 13.2 Å². The summed E-state index contributed by atoms with van der Waals surface area (Å²) >= 11 is 2.26. The molecular formula is C14H20INO3S. The van der Waals surface area contributed by atoms with Gasteiger partial charge in [-0.15, -0.1) is 0 Å². The lowest BCUT2D eigenvalue weighted by Gasteiger charge is -2.32. The van der Waals surface area contributed by atoms with Crippen LogP contribution in [0.25, 0.3) is 0 Å². The van der Waals surface area contributed by atoms with Crippen LogP contribution in [0.15, 0.2) is 24.3 Å². The summed E-state index contributed by atoms with van der Waals surface area (Å²) in [6, 6.07) is 8.10. The molecule has 6 heteroatoms. The molecule has 1 aliphatic rings. The van der Waals surface area contributed by atoms with E-state index in [4.69, 9.17) is 4.74 Å². The zero-order valence-electron chi connectivity index (χ0n) is 11.7. The maximum atomic E-state index is 12.1. The van der Waals surface area contributed by atoms with Gasteiger partial charge in [-0.3, -0.25) is 0 Å². The summed E-state index contributed by atoms with van der Waals surface area (Å²) in [5.74, 6) is 0.0780. The molecule has 1 saturated heterocycles. The highest BCUT2D eigenvalue weighted by atomic mass is 127. The molecule has 0 saturated carbocycles. The topological polar surface area (TPSA) is 55.4 Å². The fourth-order valence-corrected chi connectivity index (χ4v) is 3.60. The molecule has 20 heavy (non-hydrogen) atoms. The molecule has 1 N–H and O–H groups in total. The Bertz CT molecular complexity index is 542. The van der Waals surface area contributed by atoms with Gasteiger partial charge in [0.2, 0.25) is 10.0 Å². The van der Waals surface area contributed by atoms with Gasteiger partial charge in [0.05, 0.1) is 11.9 Å². The van der Waals surface area contributed by atoms with Gasteiger partial charge in [-0.25, -0.2) is 13.1 Å². The lowest BCUT2D eigenvalue weighted by atomic mass is 9.89. The van der Waals surface area contributed by atoms with Crippen molar-refractivity contribution in [2.24, 2.45) is 0 Å². The van der Waals surface area contributed by atoms with Crippen LogP contribution in [0.5, 0.6) is 0 Å². The molecule has 0 aromatic heterocycles. The number of halogens is 1. The second-order valence-corrected chi connectivity index (χ2v) is 8.85. The molecule has 0 aliphatic carbocycles. The minimum atomic E-state index is -3.25. The predicted octanol–water partition coefficient (Wildman–Crippen LogP) is 2.49. The lowest BCUT2D eigenvalue weighted by molar-refractivity contribution is 0.0653. The molecular weight excluding hydrogens is 389 g/mol. The van der Waals surface area contributed by atoms with E-state index in [1.54, 1.807) is 13.8 Å². The van der Waals surface area contributed by atoms with E-state index in [0.717, 1.165) is 5.56 Å². The number of rotatable bonds is 4. The van der Waals surface area contributed by atoms with Crippen molar-refractivity contribution in [1.82, 2.24) is 4.72 Å². The van der Waals surface area contributed by atoms with Crippen molar-refractivity contribution in [2.45, 2.75) is 37.5 Å². The molecule has 0 bridgehead atoms. The van der Waals surface area contributed by atoms with Crippen LogP contribution in [-0.2, 0) is 14.8 Å². The Morgan fingerprint density at radius 2 is 1.95 bits per heavy atom. The summed E-state index contributed by atoms with van der Waals surface area (Å²) in [4.78, 5) is 0. The van der Waals surface area contributed by atoms with E-state index in [-0.39, 0.29) is 12.0 Å². The van der Waals surface area contributed by atoms with Gasteiger partial charge >= 0.3 is 0 Å². The fraction of sp³-hybridized carbons (Fsp3) is 0.571. The van der Waals surface area contributed by atoms with Crippen LogP contribution in [0.1, 0.15) is 31.7 Å². The minimum absolute atomic E-state index is 0.0780. The highest BCUT2D eigenvalue weighted by molar-refractivity contribution is 14.1. The maximum absolute atomic E-state index is 12.1. The third-order valence-corrected chi connectivity index (χ3v) is 6.18. The van der Waals surface area contributed by atoms with Crippen LogP contribution in [-0.4, -0.2) is 32.9 Å². The smallest absolute Gasteiger partial charge is 0.214 e. The number of nitrogens with one attached hydrogen (secondary N) is 1. The number of hydrogen-bond donors (Lipinski definition) is 1.